The van der Waals surface area contributed by atoms with E-state index in [9.17, 15) is 9.59 Å². The Kier molecular flexibility index (Phi) is 5.16. The number of benzene rings is 1. The van der Waals surface area contributed by atoms with Gasteiger partial charge in [0.25, 0.3) is 5.91 Å². The van der Waals surface area contributed by atoms with Crippen LogP contribution in [0.2, 0.25) is 0 Å². The Labute approximate surface area is 147 Å². The van der Waals surface area contributed by atoms with Gasteiger partial charge in [0.05, 0.1) is 11.4 Å². The minimum atomic E-state index is -0.845. The van der Waals surface area contributed by atoms with Crippen molar-refractivity contribution in [3.05, 3.63) is 47.8 Å². The topological polar surface area (TPSA) is 73.2 Å². The van der Waals surface area contributed by atoms with E-state index in [1.54, 1.807) is 17.7 Å². The van der Waals surface area contributed by atoms with Crippen molar-refractivity contribution in [2.75, 3.05) is 6.54 Å². The van der Waals surface area contributed by atoms with Crippen molar-refractivity contribution < 1.29 is 14.3 Å². The maximum atomic E-state index is 12.6. The molecule has 0 radical (unpaired) electrons. The largest absolute Gasteiger partial charge is 0.448 e. The van der Waals surface area contributed by atoms with Crippen molar-refractivity contribution in [3.63, 3.8) is 0 Å². The number of esters is 1. The van der Waals surface area contributed by atoms with Crippen LogP contribution in [0.15, 0.2) is 36.4 Å². The van der Waals surface area contributed by atoms with Gasteiger partial charge in [-0.25, -0.2) is 9.48 Å². The van der Waals surface area contributed by atoms with E-state index < -0.39 is 12.1 Å². The zero-order valence-electron chi connectivity index (χ0n) is 14.6. The van der Waals surface area contributed by atoms with E-state index in [2.05, 4.69) is 10.4 Å². The lowest BCUT2D eigenvalue weighted by molar-refractivity contribution is -0.129. The van der Waals surface area contributed by atoms with E-state index in [1.165, 1.54) is 0 Å². The Morgan fingerprint density at radius 2 is 2.04 bits per heavy atom. The van der Waals surface area contributed by atoms with Crippen molar-refractivity contribution in [1.29, 1.82) is 0 Å². The summed E-state index contributed by atoms with van der Waals surface area (Å²) < 4.78 is 6.96. The summed E-state index contributed by atoms with van der Waals surface area (Å²) in [7, 11) is 0. The number of aromatic nitrogens is 2. The van der Waals surface area contributed by atoms with E-state index >= 15 is 0 Å². The Morgan fingerprint density at radius 1 is 1.32 bits per heavy atom. The maximum absolute atomic E-state index is 12.6. The first-order chi connectivity index (χ1) is 12.1. The Hall–Kier alpha value is -2.63. The summed E-state index contributed by atoms with van der Waals surface area (Å²) in [5.74, 6) is -0.410. The SMILES string of the molecule is CCCNC(=O)[C@@H](C)OC(=O)c1cc(C2CC2)nn1-c1ccccc1. The summed E-state index contributed by atoms with van der Waals surface area (Å²) in [6, 6.07) is 11.2. The highest BCUT2D eigenvalue weighted by atomic mass is 16.5. The van der Waals surface area contributed by atoms with Crippen LogP contribution in [0, 0.1) is 0 Å². The van der Waals surface area contributed by atoms with Crippen LogP contribution in [0.25, 0.3) is 5.69 Å². The van der Waals surface area contributed by atoms with Gasteiger partial charge in [0.15, 0.2) is 11.8 Å². The lowest BCUT2D eigenvalue weighted by Gasteiger charge is -2.13. The molecule has 1 amide bonds. The number of para-hydroxylation sites is 1. The van der Waals surface area contributed by atoms with Crippen LogP contribution in [-0.2, 0) is 9.53 Å². The van der Waals surface area contributed by atoms with Crippen molar-refractivity contribution in [2.24, 2.45) is 0 Å². The second kappa shape index (κ2) is 7.51. The van der Waals surface area contributed by atoms with Gasteiger partial charge in [-0.3, -0.25) is 4.79 Å². The predicted octanol–water partition coefficient (Wildman–Crippen LogP) is 2.82. The molecular weight excluding hydrogens is 318 g/mol. The summed E-state index contributed by atoms with van der Waals surface area (Å²) in [6.07, 6.45) is 2.17. The lowest BCUT2D eigenvalue weighted by atomic mass is 10.2. The number of carbonyl (C=O) groups excluding carboxylic acids is 2. The number of hydrogen-bond donors (Lipinski definition) is 1. The van der Waals surface area contributed by atoms with Gasteiger partial charge >= 0.3 is 5.97 Å². The molecule has 6 nitrogen and oxygen atoms in total. The fourth-order valence-corrected chi connectivity index (χ4v) is 2.56. The van der Waals surface area contributed by atoms with Gasteiger partial charge in [-0.1, -0.05) is 25.1 Å². The van der Waals surface area contributed by atoms with Crippen LogP contribution in [0.5, 0.6) is 0 Å². The fraction of sp³-hybridized carbons (Fsp3) is 0.421. The van der Waals surface area contributed by atoms with Crippen LogP contribution in [0.4, 0.5) is 0 Å². The van der Waals surface area contributed by atoms with Crippen LogP contribution in [0.1, 0.15) is 55.2 Å². The number of nitrogens with one attached hydrogen (secondary N) is 1. The van der Waals surface area contributed by atoms with Crippen molar-refractivity contribution in [2.45, 2.75) is 45.1 Å². The van der Waals surface area contributed by atoms with Gasteiger partial charge in [0.1, 0.15) is 0 Å². The molecule has 1 aliphatic carbocycles. The second-order valence-electron chi connectivity index (χ2n) is 6.31. The van der Waals surface area contributed by atoms with Crippen molar-refractivity contribution in [3.8, 4) is 5.69 Å². The minimum Gasteiger partial charge on any atom is -0.448 e. The van der Waals surface area contributed by atoms with Crippen LogP contribution < -0.4 is 5.32 Å². The first kappa shape index (κ1) is 17.2. The monoisotopic (exact) mass is 341 g/mol. The van der Waals surface area contributed by atoms with E-state index in [0.717, 1.165) is 30.6 Å². The highest BCUT2D eigenvalue weighted by molar-refractivity contribution is 5.91. The zero-order chi connectivity index (χ0) is 17.8. The number of amides is 1. The van der Waals surface area contributed by atoms with Crippen LogP contribution in [-0.4, -0.2) is 34.3 Å². The molecule has 0 aliphatic heterocycles. The Balaban J connectivity index is 1.80. The van der Waals surface area contributed by atoms with E-state index in [-0.39, 0.29) is 5.91 Å². The first-order valence-corrected chi connectivity index (χ1v) is 8.74. The molecule has 1 atom stereocenters. The molecule has 25 heavy (non-hydrogen) atoms. The molecule has 3 rings (SSSR count). The smallest absolute Gasteiger partial charge is 0.357 e. The van der Waals surface area contributed by atoms with Gasteiger partial charge < -0.3 is 10.1 Å². The molecule has 0 spiro atoms. The molecule has 1 aromatic heterocycles. The van der Waals surface area contributed by atoms with Gasteiger partial charge in [-0.05, 0) is 44.4 Å². The zero-order valence-corrected chi connectivity index (χ0v) is 14.6. The summed E-state index contributed by atoms with van der Waals surface area (Å²) in [5, 5.41) is 7.31. The van der Waals surface area contributed by atoms with Crippen LogP contribution in [0.3, 0.4) is 0 Å². The summed E-state index contributed by atoms with van der Waals surface area (Å²) in [6.45, 7) is 4.11. The summed E-state index contributed by atoms with van der Waals surface area (Å²) in [5.41, 5.74) is 2.05. The highest BCUT2D eigenvalue weighted by Gasteiger charge is 2.30. The molecule has 0 bridgehead atoms. The molecule has 1 aromatic carbocycles. The van der Waals surface area contributed by atoms with Crippen molar-refractivity contribution >= 4 is 11.9 Å². The number of ether oxygens (including phenoxy) is 1. The average Bonchev–Trinajstić information content (AvgIpc) is 3.38. The molecule has 1 heterocycles. The highest BCUT2D eigenvalue weighted by Crippen LogP contribution is 2.39. The van der Waals surface area contributed by atoms with E-state index in [0.29, 0.717) is 18.2 Å². The number of hydrogen-bond acceptors (Lipinski definition) is 4. The number of rotatable bonds is 7. The molecule has 1 saturated carbocycles. The molecular formula is C19H23N3O3. The summed E-state index contributed by atoms with van der Waals surface area (Å²) >= 11 is 0. The molecule has 1 N–H and O–H groups in total. The normalized spacial score (nSPS) is 14.8. The average molecular weight is 341 g/mol. The summed E-state index contributed by atoms with van der Waals surface area (Å²) in [4.78, 5) is 24.6. The predicted molar refractivity (Wildman–Crippen MR) is 93.7 cm³/mol. The number of nitrogens with zero attached hydrogens (tertiary/aromatic N) is 2. The number of carbonyl (C=O) groups is 2. The van der Waals surface area contributed by atoms with Gasteiger partial charge in [-0.2, -0.15) is 5.10 Å². The molecule has 6 heteroatoms. The van der Waals surface area contributed by atoms with Crippen molar-refractivity contribution in [1.82, 2.24) is 15.1 Å². The third-order valence-electron chi connectivity index (χ3n) is 4.14. The van der Waals surface area contributed by atoms with E-state index in [1.807, 2.05) is 37.3 Å². The Bertz CT molecular complexity index is 751. The standard InChI is InChI=1S/C19H23N3O3/c1-3-11-20-18(23)13(2)25-19(24)17-12-16(14-9-10-14)21-22(17)15-7-5-4-6-8-15/h4-8,12-14H,3,9-11H2,1-2H3,(H,20,23)/t13-/m1/s1. The lowest BCUT2D eigenvalue weighted by Crippen LogP contribution is -2.36. The maximum Gasteiger partial charge on any atom is 0.357 e. The minimum absolute atomic E-state index is 0.289. The molecule has 1 fully saturated rings. The third-order valence-corrected chi connectivity index (χ3v) is 4.14. The van der Waals surface area contributed by atoms with Gasteiger partial charge in [-0.15, -0.1) is 0 Å². The molecule has 2 aromatic rings. The third kappa shape index (κ3) is 4.07. The Morgan fingerprint density at radius 3 is 2.68 bits per heavy atom. The van der Waals surface area contributed by atoms with Gasteiger partial charge in [0, 0.05) is 12.5 Å². The van der Waals surface area contributed by atoms with Gasteiger partial charge in [0.2, 0.25) is 0 Å². The fourth-order valence-electron chi connectivity index (χ4n) is 2.56. The first-order valence-electron chi connectivity index (χ1n) is 8.74. The molecule has 132 valence electrons. The quantitative estimate of drug-likeness (QED) is 0.786. The van der Waals surface area contributed by atoms with E-state index in [4.69, 9.17) is 4.74 Å². The second-order valence-corrected chi connectivity index (χ2v) is 6.31. The molecule has 0 saturated heterocycles. The molecule has 1 aliphatic rings. The van der Waals surface area contributed by atoms with Crippen LogP contribution >= 0.6 is 0 Å². The molecule has 0 unspecified atom stereocenters.